The molecule has 4 heteroatoms. The number of hydrogen-bond acceptors (Lipinski definition) is 2. The zero-order chi connectivity index (χ0) is 18.6. The lowest BCUT2D eigenvalue weighted by atomic mass is 10.0. The lowest BCUT2D eigenvalue weighted by Crippen LogP contribution is -2.50. The van der Waals surface area contributed by atoms with Crippen LogP contribution in [0.1, 0.15) is 57.4 Å². The summed E-state index contributed by atoms with van der Waals surface area (Å²) < 4.78 is 0. The summed E-state index contributed by atoms with van der Waals surface area (Å²) in [5, 5.41) is 4.51. The van der Waals surface area contributed by atoms with E-state index in [1.54, 1.807) is 0 Å². The van der Waals surface area contributed by atoms with E-state index >= 15 is 0 Å². The molecule has 1 heterocycles. The van der Waals surface area contributed by atoms with Gasteiger partial charge in [0.25, 0.3) is 0 Å². The van der Waals surface area contributed by atoms with Crippen molar-refractivity contribution in [2.24, 2.45) is 0 Å². The molecule has 1 N–H and O–H groups in total. The van der Waals surface area contributed by atoms with Crippen molar-refractivity contribution in [1.29, 1.82) is 0 Å². The molecule has 1 aliphatic heterocycles. The second-order valence-electron chi connectivity index (χ2n) is 7.61. The first kappa shape index (κ1) is 21.2. The molecule has 1 aromatic rings. The van der Waals surface area contributed by atoms with Crippen molar-refractivity contribution in [3.05, 3.63) is 35.9 Å². The molecule has 0 radical (unpaired) electrons. The predicted octanol–water partition coefficient (Wildman–Crippen LogP) is 4.47. The van der Waals surface area contributed by atoms with E-state index in [1.807, 2.05) is 0 Å². The molecule has 0 aliphatic carbocycles. The summed E-state index contributed by atoms with van der Waals surface area (Å²) in [6.07, 6.45) is 10.0. The normalized spacial score (nSPS) is 15.8. The van der Waals surface area contributed by atoms with Gasteiger partial charge in [0.15, 0.2) is 5.11 Å². The van der Waals surface area contributed by atoms with Crippen LogP contribution in [0.15, 0.2) is 30.3 Å². The molecule has 0 spiro atoms. The van der Waals surface area contributed by atoms with Gasteiger partial charge in [-0.05, 0) is 63.6 Å². The van der Waals surface area contributed by atoms with Crippen LogP contribution >= 0.6 is 12.2 Å². The van der Waals surface area contributed by atoms with Gasteiger partial charge >= 0.3 is 0 Å². The first-order valence-corrected chi connectivity index (χ1v) is 10.9. The third-order valence-electron chi connectivity index (χ3n) is 5.43. The van der Waals surface area contributed by atoms with Crippen LogP contribution in [0.3, 0.4) is 0 Å². The maximum absolute atomic E-state index is 5.80. The van der Waals surface area contributed by atoms with Crippen LogP contribution in [0.5, 0.6) is 0 Å². The molecule has 0 amide bonds. The van der Waals surface area contributed by atoms with Gasteiger partial charge in [0.2, 0.25) is 0 Å². The van der Waals surface area contributed by atoms with Crippen LogP contribution < -0.4 is 5.32 Å². The number of hydrogen-bond donors (Lipinski definition) is 1. The van der Waals surface area contributed by atoms with Crippen LogP contribution in [0.25, 0.3) is 0 Å². The maximum Gasteiger partial charge on any atom is 0.169 e. The topological polar surface area (TPSA) is 18.5 Å². The van der Waals surface area contributed by atoms with Gasteiger partial charge in [0, 0.05) is 19.1 Å². The summed E-state index contributed by atoms with van der Waals surface area (Å²) in [6.45, 7) is 6.63. The fourth-order valence-corrected chi connectivity index (χ4v) is 4.02. The number of piperidine rings is 1. The minimum atomic E-state index is 0.579. The van der Waals surface area contributed by atoms with E-state index in [9.17, 15) is 0 Å². The molecular formula is C22H37N3S. The summed E-state index contributed by atoms with van der Waals surface area (Å²) in [6, 6.07) is 11.4. The van der Waals surface area contributed by atoms with E-state index < -0.39 is 0 Å². The third kappa shape index (κ3) is 7.63. The van der Waals surface area contributed by atoms with Crippen molar-refractivity contribution in [1.82, 2.24) is 15.1 Å². The Balaban J connectivity index is 1.84. The lowest BCUT2D eigenvalue weighted by Gasteiger charge is -2.39. The number of rotatable bonds is 10. The molecule has 26 heavy (non-hydrogen) atoms. The zero-order valence-corrected chi connectivity index (χ0v) is 17.6. The molecule has 1 fully saturated rings. The molecule has 146 valence electrons. The van der Waals surface area contributed by atoms with Crippen LogP contribution in [0, 0.1) is 0 Å². The Kier molecular flexibility index (Phi) is 10.0. The number of nitrogens with one attached hydrogen (secondary N) is 1. The number of thiocarbonyl (C=S) groups is 1. The SMILES string of the molecule is CCCCCCCNC(=S)N(CCc1ccccc1)C1CCN(C)CC1. The van der Waals surface area contributed by atoms with E-state index in [2.05, 4.69) is 59.4 Å². The summed E-state index contributed by atoms with van der Waals surface area (Å²) in [7, 11) is 2.22. The first-order valence-electron chi connectivity index (χ1n) is 10.5. The highest BCUT2D eigenvalue weighted by molar-refractivity contribution is 7.80. The van der Waals surface area contributed by atoms with Gasteiger partial charge in [-0.25, -0.2) is 0 Å². The van der Waals surface area contributed by atoms with E-state index in [-0.39, 0.29) is 0 Å². The van der Waals surface area contributed by atoms with E-state index in [0.717, 1.165) is 24.6 Å². The second-order valence-corrected chi connectivity index (χ2v) is 8.00. The van der Waals surface area contributed by atoms with Crippen LogP contribution in [-0.2, 0) is 6.42 Å². The van der Waals surface area contributed by atoms with Crippen LogP contribution in [-0.4, -0.2) is 54.2 Å². The van der Waals surface area contributed by atoms with Crippen molar-refractivity contribution < 1.29 is 0 Å². The molecular weight excluding hydrogens is 338 g/mol. The maximum atomic E-state index is 5.80. The fourth-order valence-electron chi connectivity index (χ4n) is 3.68. The minimum absolute atomic E-state index is 0.579. The smallest absolute Gasteiger partial charge is 0.169 e. The van der Waals surface area contributed by atoms with Gasteiger partial charge in [-0.1, -0.05) is 62.9 Å². The van der Waals surface area contributed by atoms with Crippen molar-refractivity contribution >= 4 is 17.3 Å². The largest absolute Gasteiger partial charge is 0.363 e. The Morgan fingerprint density at radius 1 is 1.12 bits per heavy atom. The van der Waals surface area contributed by atoms with Gasteiger partial charge < -0.3 is 15.1 Å². The summed E-state index contributed by atoms with van der Waals surface area (Å²) in [4.78, 5) is 4.90. The molecule has 0 aromatic heterocycles. The average Bonchev–Trinajstić information content (AvgIpc) is 2.67. The second kappa shape index (κ2) is 12.3. The van der Waals surface area contributed by atoms with Gasteiger partial charge in [-0.3, -0.25) is 0 Å². The molecule has 0 saturated carbocycles. The van der Waals surface area contributed by atoms with E-state index in [1.165, 1.54) is 63.6 Å². The Labute approximate surface area is 166 Å². The highest BCUT2D eigenvalue weighted by Gasteiger charge is 2.24. The fraction of sp³-hybridized carbons (Fsp3) is 0.682. The first-order chi connectivity index (χ1) is 12.7. The number of unbranched alkanes of at least 4 members (excludes halogenated alkanes) is 4. The minimum Gasteiger partial charge on any atom is -0.363 e. The van der Waals surface area contributed by atoms with Crippen molar-refractivity contribution in [3.8, 4) is 0 Å². The third-order valence-corrected chi connectivity index (χ3v) is 5.81. The van der Waals surface area contributed by atoms with Crippen LogP contribution in [0.4, 0.5) is 0 Å². The quantitative estimate of drug-likeness (QED) is 0.480. The Bertz CT molecular complexity index is 497. The Morgan fingerprint density at radius 3 is 2.50 bits per heavy atom. The molecule has 0 unspecified atom stereocenters. The van der Waals surface area contributed by atoms with Crippen molar-refractivity contribution in [2.45, 2.75) is 64.3 Å². The molecule has 0 atom stereocenters. The Hall–Kier alpha value is -1.13. The average molecular weight is 376 g/mol. The number of benzene rings is 1. The summed E-state index contributed by atoms with van der Waals surface area (Å²) in [5.74, 6) is 0. The van der Waals surface area contributed by atoms with Crippen molar-refractivity contribution in [3.63, 3.8) is 0 Å². The van der Waals surface area contributed by atoms with Gasteiger partial charge in [-0.2, -0.15) is 0 Å². The summed E-state index contributed by atoms with van der Waals surface area (Å²) in [5.41, 5.74) is 1.40. The van der Waals surface area contributed by atoms with E-state index in [0.29, 0.717) is 6.04 Å². The van der Waals surface area contributed by atoms with Crippen molar-refractivity contribution in [2.75, 3.05) is 33.2 Å². The van der Waals surface area contributed by atoms with Gasteiger partial charge in [0.05, 0.1) is 0 Å². The molecule has 1 saturated heterocycles. The molecule has 0 bridgehead atoms. The van der Waals surface area contributed by atoms with Crippen LogP contribution in [0.2, 0.25) is 0 Å². The summed E-state index contributed by atoms with van der Waals surface area (Å²) >= 11 is 5.80. The number of nitrogens with zero attached hydrogens (tertiary/aromatic N) is 2. The zero-order valence-electron chi connectivity index (χ0n) is 16.8. The van der Waals surface area contributed by atoms with Gasteiger partial charge in [-0.15, -0.1) is 0 Å². The predicted molar refractivity (Wildman–Crippen MR) is 117 cm³/mol. The standard InChI is InChI=1S/C22H37N3S/c1-3-4-5-6-10-16-23-22(26)25(21-14-17-24(2)18-15-21)19-13-20-11-8-7-9-12-20/h7-9,11-12,21H,3-6,10,13-19H2,1-2H3,(H,23,26). The Morgan fingerprint density at radius 2 is 1.81 bits per heavy atom. The van der Waals surface area contributed by atoms with Gasteiger partial charge in [0.1, 0.15) is 0 Å². The molecule has 1 aliphatic rings. The highest BCUT2D eigenvalue weighted by atomic mass is 32.1. The molecule has 3 nitrogen and oxygen atoms in total. The molecule has 2 rings (SSSR count). The monoisotopic (exact) mass is 375 g/mol. The van der Waals surface area contributed by atoms with E-state index in [4.69, 9.17) is 12.2 Å². The number of likely N-dealkylation sites (tertiary alicyclic amines) is 1. The lowest BCUT2D eigenvalue weighted by molar-refractivity contribution is 0.175. The molecule has 1 aromatic carbocycles. The highest BCUT2D eigenvalue weighted by Crippen LogP contribution is 2.17.